The summed E-state index contributed by atoms with van der Waals surface area (Å²) in [5, 5.41) is 11.8. The number of rotatable bonds is 9. The first-order valence-electron chi connectivity index (χ1n) is 7.32. The number of amides is 1. The molecule has 0 bridgehead atoms. The molecule has 0 heterocycles. The van der Waals surface area contributed by atoms with Crippen molar-refractivity contribution in [3.8, 4) is 0 Å². The van der Waals surface area contributed by atoms with Crippen molar-refractivity contribution in [2.45, 2.75) is 20.3 Å². The molecule has 0 radical (unpaired) electrons. The molecule has 5 heteroatoms. The van der Waals surface area contributed by atoms with Gasteiger partial charge in [0.25, 0.3) is 0 Å². The fraction of sp³-hybridized carbons (Fsp3) is 0.562. The lowest BCUT2D eigenvalue weighted by molar-refractivity contribution is -0.113. The van der Waals surface area contributed by atoms with E-state index in [1.165, 1.54) is 0 Å². The smallest absolute Gasteiger partial charge is 0.234 e. The minimum Gasteiger partial charge on any atom is -0.395 e. The number of hydrogen-bond donors (Lipinski definition) is 2. The summed E-state index contributed by atoms with van der Waals surface area (Å²) in [6.07, 6.45) is 1.14. The zero-order valence-corrected chi connectivity index (χ0v) is 13.9. The highest BCUT2D eigenvalue weighted by atomic mass is 32.2. The van der Waals surface area contributed by atoms with Gasteiger partial charge in [-0.05, 0) is 42.4 Å². The first-order valence-corrected chi connectivity index (χ1v) is 8.48. The third kappa shape index (κ3) is 7.39. The molecule has 2 N–H and O–H groups in total. The zero-order chi connectivity index (χ0) is 15.7. The molecule has 0 aliphatic rings. The number of aliphatic hydroxyl groups excluding tert-OH is 1. The number of carbonyl (C=O) groups is 1. The van der Waals surface area contributed by atoms with E-state index in [4.69, 9.17) is 5.11 Å². The number of nitrogens with one attached hydrogen (secondary N) is 1. The van der Waals surface area contributed by atoms with Gasteiger partial charge < -0.3 is 15.3 Å². The number of benzene rings is 1. The van der Waals surface area contributed by atoms with Crippen molar-refractivity contribution >= 4 is 29.0 Å². The van der Waals surface area contributed by atoms with Crippen LogP contribution in [0, 0.1) is 5.92 Å². The van der Waals surface area contributed by atoms with Gasteiger partial charge in [-0.3, -0.25) is 4.79 Å². The number of likely N-dealkylation sites (N-methyl/N-ethyl adjacent to an activating group) is 1. The normalized spacial score (nSPS) is 10.7. The monoisotopic (exact) mass is 310 g/mol. The predicted octanol–water partition coefficient (Wildman–Crippen LogP) is 2.83. The Balaban J connectivity index is 2.36. The van der Waals surface area contributed by atoms with E-state index in [0.29, 0.717) is 18.2 Å². The van der Waals surface area contributed by atoms with Gasteiger partial charge in [0, 0.05) is 25.0 Å². The molecule has 118 valence electrons. The zero-order valence-electron chi connectivity index (χ0n) is 13.1. The van der Waals surface area contributed by atoms with Crippen molar-refractivity contribution in [2.24, 2.45) is 5.92 Å². The number of anilines is 2. The lowest BCUT2D eigenvalue weighted by Crippen LogP contribution is -2.21. The van der Waals surface area contributed by atoms with Crippen LogP contribution in [0.3, 0.4) is 0 Å². The third-order valence-corrected chi connectivity index (χ3v) is 4.09. The van der Waals surface area contributed by atoms with Crippen molar-refractivity contribution in [1.82, 2.24) is 0 Å². The highest BCUT2D eigenvalue weighted by Crippen LogP contribution is 2.17. The molecule has 0 unspecified atom stereocenters. The highest BCUT2D eigenvalue weighted by molar-refractivity contribution is 7.99. The van der Waals surface area contributed by atoms with E-state index in [1.54, 1.807) is 11.8 Å². The number of nitrogens with zero attached hydrogens (tertiary/aromatic N) is 1. The summed E-state index contributed by atoms with van der Waals surface area (Å²) in [6, 6.07) is 7.66. The van der Waals surface area contributed by atoms with Gasteiger partial charge in [-0.1, -0.05) is 13.8 Å². The topological polar surface area (TPSA) is 52.6 Å². The molecule has 0 saturated carbocycles. The van der Waals surface area contributed by atoms with E-state index in [9.17, 15) is 4.79 Å². The minimum absolute atomic E-state index is 0.0419. The average Bonchev–Trinajstić information content (AvgIpc) is 2.44. The van der Waals surface area contributed by atoms with E-state index in [2.05, 4.69) is 19.2 Å². The van der Waals surface area contributed by atoms with Crippen LogP contribution in [0.5, 0.6) is 0 Å². The minimum atomic E-state index is 0.0419. The molecule has 0 aliphatic heterocycles. The average molecular weight is 310 g/mol. The summed E-state index contributed by atoms with van der Waals surface area (Å²) in [5.41, 5.74) is 1.83. The van der Waals surface area contributed by atoms with Crippen LogP contribution in [0.15, 0.2) is 24.3 Å². The highest BCUT2D eigenvalue weighted by Gasteiger charge is 2.04. The van der Waals surface area contributed by atoms with Gasteiger partial charge in [0.15, 0.2) is 0 Å². The maximum atomic E-state index is 11.8. The van der Waals surface area contributed by atoms with Crippen LogP contribution in [0.25, 0.3) is 0 Å². The van der Waals surface area contributed by atoms with Gasteiger partial charge in [0.1, 0.15) is 0 Å². The van der Waals surface area contributed by atoms with Gasteiger partial charge in [-0.15, -0.1) is 0 Å². The van der Waals surface area contributed by atoms with E-state index in [-0.39, 0.29) is 12.5 Å². The van der Waals surface area contributed by atoms with Gasteiger partial charge in [0.2, 0.25) is 5.91 Å². The van der Waals surface area contributed by atoms with Gasteiger partial charge >= 0.3 is 0 Å². The van der Waals surface area contributed by atoms with Crippen molar-refractivity contribution < 1.29 is 9.90 Å². The first kappa shape index (κ1) is 17.9. The molecule has 21 heavy (non-hydrogen) atoms. The largest absolute Gasteiger partial charge is 0.395 e. The first-order chi connectivity index (χ1) is 10.0. The van der Waals surface area contributed by atoms with Crippen LogP contribution in [0.4, 0.5) is 11.4 Å². The number of thioether (sulfide) groups is 1. The summed E-state index contributed by atoms with van der Waals surface area (Å²) in [6.45, 7) is 5.10. The summed E-state index contributed by atoms with van der Waals surface area (Å²) in [4.78, 5) is 13.8. The van der Waals surface area contributed by atoms with Crippen molar-refractivity contribution in [3.63, 3.8) is 0 Å². The Morgan fingerprint density at radius 2 is 2.00 bits per heavy atom. The lowest BCUT2D eigenvalue weighted by atomic mass is 10.2. The Hall–Kier alpha value is -1.20. The standard InChI is InChI=1S/C16H26N2O2S/c1-13(2)8-11-21-12-16(20)17-14-4-6-15(7-5-14)18(3)9-10-19/h4-7,13,19H,8-12H2,1-3H3,(H,17,20). The predicted molar refractivity (Wildman–Crippen MR) is 92.2 cm³/mol. The Labute approximate surface area is 131 Å². The molecule has 1 rings (SSSR count). The second-order valence-corrected chi connectivity index (χ2v) is 6.58. The summed E-state index contributed by atoms with van der Waals surface area (Å²) >= 11 is 1.68. The van der Waals surface area contributed by atoms with Crippen LogP contribution in [0.1, 0.15) is 20.3 Å². The van der Waals surface area contributed by atoms with Crippen LogP contribution in [0.2, 0.25) is 0 Å². The number of aliphatic hydroxyl groups is 1. The van der Waals surface area contributed by atoms with E-state index >= 15 is 0 Å². The molecule has 0 spiro atoms. The van der Waals surface area contributed by atoms with E-state index < -0.39 is 0 Å². The second kappa shape index (κ2) is 9.68. The Bertz CT molecular complexity index is 421. The maximum Gasteiger partial charge on any atom is 0.234 e. The molecule has 0 aliphatic carbocycles. The third-order valence-electron chi connectivity index (χ3n) is 3.10. The van der Waals surface area contributed by atoms with Crippen LogP contribution < -0.4 is 10.2 Å². The van der Waals surface area contributed by atoms with E-state index in [0.717, 1.165) is 23.5 Å². The van der Waals surface area contributed by atoms with Crippen LogP contribution >= 0.6 is 11.8 Å². The Kier molecular flexibility index (Phi) is 8.23. The molecule has 1 aromatic carbocycles. The summed E-state index contributed by atoms with van der Waals surface area (Å²) < 4.78 is 0. The molecule has 0 saturated heterocycles. The van der Waals surface area contributed by atoms with E-state index in [1.807, 2.05) is 36.2 Å². The number of carbonyl (C=O) groups excluding carboxylic acids is 1. The van der Waals surface area contributed by atoms with Crippen molar-refractivity contribution in [1.29, 1.82) is 0 Å². The van der Waals surface area contributed by atoms with Crippen LogP contribution in [-0.2, 0) is 4.79 Å². The number of hydrogen-bond acceptors (Lipinski definition) is 4. The van der Waals surface area contributed by atoms with Crippen LogP contribution in [-0.4, -0.2) is 42.7 Å². The second-order valence-electron chi connectivity index (χ2n) is 5.48. The van der Waals surface area contributed by atoms with Gasteiger partial charge in [-0.25, -0.2) is 0 Å². The molecular weight excluding hydrogens is 284 g/mol. The quantitative estimate of drug-likeness (QED) is 0.689. The molecule has 4 nitrogen and oxygen atoms in total. The summed E-state index contributed by atoms with van der Waals surface area (Å²) in [5.74, 6) is 2.25. The molecule has 1 amide bonds. The molecule has 0 aromatic heterocycles. The van der Waals surface area contributed by atoms with Gasteiger partial charge in [0.05, 0.1) is 12.4 Å². The summed E-state index contributed by atoms with van der Waals surface area (Å²) in [7, 11) is 1.93. The lowest BCUT2D eigenvalue weighted by Gasteiger charge is -2.18. The Morgan fingerprint density at radius 3 is 2.57 bits per heavy atom. The molecule has 0 atom stereocenters. The van der Waals surface area contributed by atoms with Crippen molar-refractivity contribution in [2.75, 3.05) is 41.9 Å². The van der Waals surface area contributed by atoms with Gasteiger partial charge in [-0.2, -0.15) is 11.8 Å². The molecule has 1 aromatic rings. The molecular formula is C16H26N2O2S. The maximum absolute atomic E-state index is 11.8. The fourth-order valence-electron chi connectivity index (χ4n) is 1.76. The molecule has 0 fully saturated rings. The Morgan fingerprint density at radius 1 is 1.33 bits per heavy atom. The fourth-order valence-corrected chi connectivity index (χ4v) is 2.80. The SMILES string of the molecule is CC(C)CCSCC(=O)Nc1ccc(N(C)CCO)cc1. The van der Waals surface area contributed by atoms with Crippen molar-refractivity contribution in [3.05, 3.63) is 24.3 Å².